The van der Waals surface area contributed by atoms with Gasteiger partial charge in [-0.1, -0.05) is 31.4 Å². The van der Waals surface area contributed by atoms with Crippen molar-refractivity contribution < 1.29 is 9.90 Å². The predicted molar refractivity (Wildman–Crippen MR) is 92.4 cm³/mol. The number of carbonyl (C=O) groups excluding carboxylic acids is 1. The van der Waals surface area contributed by atoms with E-state index in [-0.39, 0.29) is 17.7 Å². The Morgan fingerprint density at radius 1 is 1.46 bits per heavy atom. The summed E-state index contributed by atoms with van der Waals surface area (Å²) in [5.74, 6) is 0.0132. The van der Waals surface area contributed by atoms with Gasteiger partial charge in [0.15, 0.2) is 5.78 Å². The third kappa shape index (κ3) is 4.84. The number of Topliss-reactive ketones (excluding diaryl/α,β-unsaturated/α-hetero) is 1. The van der Waals surface area contributed by atoms with Gasteiger partial charge in [0.2, 0.25) is 0 Å². The van der Waals surface area contributed by atoms with Crippen molar-refractivity contribution in [2.45, 2.75) is 70.6 Å². The molecule has 1 aliphatic rings. The van der Waals surface area contributed by atoms with Crippen LogP contribution in [0.5, 0.6) is 0 Å². The van der Waals surface area contributed by atoms with Crippen molar-refractivity contribution in [1.82, 2.24) is 20.3 Å². The van der Waals surface area contributed by atoms with E-state index >= 15 is 0 Å². The van der Waals surface area contributed by atoms with Gasteiger partial charge in [0.1, 0.15) is 6.04 Å². The van der Waals surface area contributed by atoms with Crippen LogP contribution in [-0.2, 0) is 4.79 Å². The number of hydrogen-bond donors (Lipinski definition) is 3. The molecule has 3 atom stereocenters. The number of aliphatic hydroxyl groups is 1. The molecule has 0 aliphatic carbocycles. The number of ketones is 1. The van der Waals surface area contributed by atoms with Crippen molar-refractivity contribution in [2.24, 2.45) is 11.7 Å². The number of nitrogens with two attached hydrogens (primary N) is 1. The van der Waals surface area contributed by atoms with E-state index in [1.54, 1.807) is 13.1 Å². The van der Waals surface area contributed by atoms with Crippen molar-refractivity contribution in [3.8, 4) is 0 Å². The molecule has 7 heteroatoms. The Labute approximate surface area is 144 Å². The standard InChI is InChI=1S/C17H31N5O2/c1-3-4-5-6-14(18)15-11-22(21-20-15)16(12(2)23)17(24)13-7-9-19-10-8-13/h11-14,16,19,23H,3-10,18H2,1-2H3/t12?,14-,16-/m0/s1. The van der Waals surface area contributed by atoms with Crippen LogP contribution in [0, 0.1) is 5.92 Å². The highest BCUT2D eigenvalue weighted by molar-refractivity contribution is 5.85. The molecule has 7 nitrogen and oxygen atoms in total. The summed E-state index contributed by atoms with van der Waals surface area (Å²) in [6.45, 7) is 5.47. The van der Waals surface area contributed by atoms with E-state index in [0.29, 0.717) is 5.69 Å². The van der Waals surface area contributed by atoms with Gasteiger partial charge in [-0.15, -0.1) is 5.10 Å². The highest BCUT2D eigenvalue weighted by Gasteiger charge is 2.33. The van der Waals surface area contributed by atoms with Crippen LogP contribution in [0.3, 0.4) is 0 Å². The minimum absolute atomic E-state index is 0.0308. The van der Waals surface area contributed by atoms with E-state index in [9.17, 15) is 9.90 Å². The lowest BCUT2D eigenvalue weighted by atomic mass is 9.88. The summed E-state index contributed by atoms with van der Waals surface area (Å²) in [6.07, 6.45) is 6.73. The van der Waals surface area contributed by atoms with E-state index in [1.807, 2.05) is 0 Å². The van der Waals surface area contributed by atoms with Gasteiger partial charge in [-0.05, 0) is 39.3 Å². The summed E-state index contributed by atoms with van der Waals surface area (Å²) in [4.78, 5) is 12.8. The molecule has 0 bridgehead atoms. The van der Waals surface area contributed by atoms with Crippen LogP contribution in [0.2, 0.25) is 0 Å². The van der Waals surface area contributed by atoms with Gasteiger partial charge in [0.05, 0.1) is 24.0 Å². The SMILES string of the molecule is CCCCC[C@H](N)c1cn([C@H](C(=O)C2CCNCC2)C(C)O)nn1. The van der Waals surface area contributed by atoms with E-state index in [1.165, 1.54) is 4.68 Å². The van der Waals surface area contributed by atoms with Crippen LogP contribution >= 0.6 is 0 Å². The quantitative estimate of drug-likeness (QED) is 0.587. The second-order valence-electron chi connectivity index (χ2n) is 6.84. The number of nitrogens with one attached hydrogen (secondary N) is 1. The van der Waals surface area contributed by atoms with Crippen LogP contribution in [-0.4, -0.2) is 45.1 Å². The molecule has 1 aromatic heterocycles. The molecule has 0 amide bonds. The maximum atomic E-state index is 12.8. The van der Waals surface area contributed by atoms with E-state index < -0.39 is 12.1 Å². The number of aliphatic hydroxyl groups excluding tert-OH is 1. The summed E-state index contributed by atoms with van der Waals surface area (Å²) in [7, 11) is 0. The van der Waals surface area contributed by atoms with E-state index in [4.69, 9.17) is 5.73 Å². The largest absolute Gasteiger partial charge is 0.391 e. The maximum absolute atomic E-state index is 12.8. The Morgan fingerprint density at radius 2 is 2.17 bits per heavy atom. The lowest BCUT2D eigenvalue weighted by molar-refractivity contribution is -0.130. The van der Waals surface area contributed by atoms with Gasteiger partial charge in [0, 0.05) is 5.92 Å². The molecule has 4 N–H and O–H groups in total. The van der Waals surface area contributed by atoms with E-state index in [0.717, 1.165) is 51.6 Å². The average molecular weight is 337 g/mol. The molecule has 1 fully saturated rings. The highest BCUT2D eigenvalue weighted by atomic mass is 16.3. The Bertz CT molecular complexity index is 511. The lowest BCUT2D eigenvalue weighted by Crippen LogP contribution is -2.39. The first-order valence-electron chi connectivity index (χ1n) is 9.14. The van der Waals surface area contributed by atoms with Crippen LogP contribution < -0.4 is 11.1 Å². The molecule has 0 radical (unpaired) electrons. The molecule has 2 heterocycles. The average Bonchev–Trinajstić information content (AvgIpc) is 3.05. The van der Waals surface area contributed by atoms with Gasteiger partial charge in [-0.3, -0.25) is 4.79 Å². The summed E-state index contributed by atoms with van der Waals surface area (Å²) in [5.41, 5.74) is 6.86. The fourth-order valence-corrected chi connectivity index (χ4v) is 3.30. The monoisotopic (exact) mass is 337 g/mol. The first kappa shape index (κ1) is 19.0. The number of unbranched alkanes of at least 4 members (excludes halogenated alkanes) is 2. The summed E-state index contributed by atoms with van der Waals surface area (Å²) in [6, 6.07) is -0.855. The second-order valence-corrected chi connectivity index (χ2v) is 6.84. The Hall–Kier alpha value is -1.31. The number of rotatable bonds is 9. The smallest absolute Gasteiger partial charge is 0.163 e. The molecule has 1 unspecified atom stereocenters. The van der Waals surface area contributed by atoms with E-state index in [2.05, 4.69) is 22.6 Å². The predicted octanol–water partition coefficient (Wildman–Crippen LogP) is 1.35. The first-order valence-corrected chi connectivity index (χ1v) is 9.14. The molecule has 2 rings (SSSR count). The number of hydrogen-bond acceptors (Lipinski definition) is 6. The Kier molecular flexibility index (Phi) is 7.33. The topological polar surface area (TPSA) is 106 Å². The van der Waals surface area contributed by atoms with Crippen molar-refractivity contribution in [3.63, 3.8) is 0 Å². The molecule has 1 aliphatic heterocycles. The van der Waals surface area contributed by atoms with Gasteiger partial charge in [0.25, 0.3) is 0 Å². The second kappa shape index (κ2) is 9.25. The highest BCUT2D eigenvalue weighted by Crippen LogP contribution is 2.24. The minimum atomic E-state index is -0.807. The number of aromatic nitrogens is 3. The summed E-state index contributed by atoms with van der Waals surface area (Å²) < 4.78 is 1.50. The fourth-order valence-electron chi connectivity index (χ4n) is 3.30. The Morgan fingerprint density at radius 3 is 2.79 bits per heavy atom. The summed E-state index contributed by atoms with van der Waals surface area (Å²) >= 11 is 0. The molecule has 1 aromatic rings. The van der Waals surface area contributed by atoms with Crippen molar-refractivity contribution in [3.05, 3.63) is 11.9 Å². The normalized spacial score (nSPS) is 19.8. The number of carbonyl (C=O) groups is 1. The first-order chi connectivity index (χ1) is 11.5. The van der Waals surface area contributed by atoms with Crippen molar-refractivity contribution in [1.29, 1.82) is 0 Å². The molecule has 0 aromatic carbocycles. The molecule has 0 spiro atoms. The van der Waals surface area contributed by atoms with Crippen molar-refractivity contribution in [2.75, 3.05) is 13.1 Å². The third-order valence-corrected chi connectivity index (χ3v) is 4.80. The van der Waals surface area contributed by atoms with Crippen LogP contribution in [0.25, 0.3) is 0 Å². The molecular weight excluding hydrogens is 306 g/mol. The minimum Gasteiger partial charge on any atom is -0.391 e. The summed E-state index contributed by atoms with van der Waals surface area (Å²) in [5, 5.41) is 21.6. The molecule has 24 heavy (non-hydrogen) atoms. The fraction of sp³-hybridized carbons (Fsp3) is 0.824. The van der Waals surface area contributed by atoms with Gasteiger partial charge >= 0.3 is 0 Å². The third-order valence-electron chi connectivity index (χ3n) is 4.80. The molecule has 0 saturated carbocycles. The van der Waals surface area contributed by atoms with Crippen molar-refractivity contribution >= 4 is 5.78 Å². The maximum Gasteiger partial charge on any atom is 0.163 e. The lowest BCUT2D eigenvalue weighted by Gasteiger charge is -2.27. The molecule has 136 valence electrons. The number of nitrogens with zero attached hydrogens (tertiary/aromatic N) is 3. The molecular formula is C17H31N5O2. The zero-order valence-electron chi connectivity index (χ0n) is 14.8. The van der Waals surface area contributed by atoms with Gasteiger partial charge in [-0.25, -0.2) is 4.68 Å². The zero-order valence-corrected chi connectivity index (χ0v) is 14.8. The number of piperidine rings is 1. The molecule has 1 saturated heterocycles. The van der Waals surface area contributed by atoms with Crippen LogP contribution in [0.15, 0.2) is 6.20 Å². The van der Waals surface area contributed by atoms with Crippen LogP contribution in [0.4, 0.5) is 0 Å². The van der Waals surface area contributed by atoms with Crippen LogP contribution in [0.1, 0.15) is 70.2 Å². The Balaban J connectivity index is 2.06. The van der Waals surface area contributed by atoms with Gasteiger partial charge in [-0.2, -0.15) is 0 Å². The zero-order chi connectivity index (χ0) is 17.5. The van der Waals surface area contributed by atoms with Gasteiger partial charge < -0.3 is 16.2 Å².